The van der Waals surface area contributed by atoms with Gasteiger partial charge in [-0.05, 0) is 36.3 Å². The number of hydrogen-bond acceptors (Lipinski definition) is 4. The lowest BCUT2D eigenvalue weighted by atomic mass is 10.00. The Morgan fingerprint density at radius 2 is 1.70 bits per heavy atom. The maximum atomic E-state index is 14.2. The minimum atomic E-state index is -5.09. The van der Waals surface area contributed by atoms with E-state index in [1.807, 2.05) is 5.92 Å². The van der Waals surface area contributed by atoms with Gasteiger partial charge < -0.3 is 20.1 Å². The van der Waals surface area contributed by atoms with Crippen LogP contribution in [0, 0.1) is 11.8 Å². The summed E-state index contributed by atoms with van der Waals surface area (Å²) in [5.41, 5.74) is -3.28. The van der Waals surface area contributed by atoms with Gasteiger partial charge in [0.2, 0.25) is 5.60 Å². The molecule has 3 N–H and O–H groups in total. The normalized spacial score (nSPS) is 15.1. The van der Waals surface area contributed by atoms with Gasteiger partial charge in [-0.1, -0.05) is 48.2 Å². The van der Waals surface area contributed by atoms with Crippen LogP contribution in [0.4, 0.5) is 26.3 Å². The van der Waals surface area contributed by atoms with Gasteiger partial charge in [0, 0.05) is 11.1 Å². The zero-order chi connectivity index (χ0) is 24.8. The minimum Gasteiger partial charge on any atom is -0.489 e. The molecule has 0 saturated heterocycles. The van der Waals surface area contributed by atoms with Gasteiger partial charge in [-0.25, -0.2) is 13.2 Å². The fourth-order valence-corrected chi connectivity index (χ4v) is 2.50. The quantitative estimate of drug-likeness (QED) is 0.313. The third-order valence-corrected chi connectivity index (χ3v) is 4.46. The summed E-state index contributed by atoms with van der Waals surface area (Å²) in [5, 5.41) is 27.5. The van der Waals surface area contributed by atoms with Gasteiger partial charge in [-0.3, -0.25) is 0 Å². The zero-order valence-electron chi connectivity index (χ0n) is 17.2. The van der Waals surface area contributed by atoms with E-state index in [2.05, 4.69) is 0 Å². The highest BCUT2D eigenvalue weighted by molar-refractivity contribution is 5.72. The molecule has 0 bridgehead atoms. The SMILES string of the molecule is CC(O)(C#CC=C(c1cccc(OCc2ccc(C(O)O)cc2)c1)C(F)C(F)F)C(F)(F)F. The van der Waals surface area contributed by atoms with Crippen LogP contribution >= 0.6 is 0 Å². The van der Waals surface area contributed by atoms with Gasteiger partial charge in [0.15, 0.2) is 12.5 Å². The molecule has 0 fully saturated rings. The predicted molar refractivity (Wildman–Crippen MR) is 108 cm³/mol. The molecule has 0 heterocycles. The zero-order valence-corrected chi connectivity index (χ0v) is 17.2. The number of aliphatic hydroxyl groups excluding tert-OH is 1. The predicted octanol–water partition coefficient (Wildman–Crippen LogP) is 4.55. The molecule has 4 nitrogen and oxygen atoms in total. The molecule has 0 saturated carbocycles. The summed E-state index contributed by atoms with van der Waals surface area (Å²) in [6.07, 6.45) is -12.5. The van der Waals surface area contributed by atoms with Crippen LogP contribution in [0.1, 0.15) is 29.9 Å². The highest BCUT2D eigenvalue weighted by Crippen LogP contribution is 2.30. The first-order chi connectivity index (χ1) is 15.3. The number of hydrogen-bond donors (Lipinski definition) is 3. The van der Waals surface area contributed by atoms with Crippen LogP contribution in [-0.2, 0) is 6.61 Å². The van der Waals surface area contributed by atoms with Gasteiger partial charge >= 0.3 is 6.18 Å². The van der Waals surface area contributed by atoms with E-state index in [1.54, 1.807) is 12.1 Å². The smallest absolute Gasteiger partial charge is 0.428 e. The van der Waals surface area contributed by atoms with Crippen molar-refractivity contribution in [3.05, 3.63) is 71.3 Å². The number of alkyl halides is 6. The Balaban J connectivity index is 2.28. The van der Waals surface area contributed by atoms with Crippen molar-refractivity contribution in [3.8, 4) is 17.6 Å². The Morgan fingerprint density at radius 1 is 1.06 bits per heavy atom. The molecular weight excluding hydrogens is 454 g/mol. The Labute approximate surface area is 185 Å². The van der Waals surface area contributed by atoms with Crippen molar-refractivity contribution in [2.75, 3.05) is 0 Å². The summed E-state index contributed by atoms with van der Waals surface area (Å²) in [5.74, 6) is 3.47. The Morgan fingerprint density at radius 3 is 2.24 bits per heavy atom. The fourth-order valence-electron chi connectivity index (χ4n) is 2.50. The second kappa shape index (κ2) is 10.7. The summed E-state index contributed by atoms with van der Waals surface area (Å²) in [7, 11) is 0. The minimum absolute atomic E-state index is 0.00641. The second-order valence-electron chi connectivity index (χ2n) is 7.11. The lowest BCUT2D eigenvalue weighted by Crippen LogP contribution is -2.40. The molecule has 0 amide bonds. The van der Waals surface area contributed by atoms with Crippen molar-refractivity contribution in [1.82, 2.24) is 0 Å². The molecule has 0 aliphatic carbocycles. The molecule has 0 spiro atoms. The van der Waals surface area contributed by atoms with E-state index in [-0.39, 0.29) is 23.5 Å². The van der Waals surface area contributed by atoms with Crippen molar-refractivity contribution in [3.63, 3.8) is 0 Å². The maximum Gasteiger partial charge on any atom is 0.428 e. The highest BCUT2D eigenvalue weighted by atomic mass is 19.4. The number of aliphatic hydroxyl groups is 3. The van der Waals surface area contributed by atoms with Crippen molar-refractivity contribution in [1.29, 1.82) is 0 Å². The molecule has 2 atom stereocenters. The summed E-state index contributed by atoms with van der Waals surface area (Å²) >= 11 is 0. The Kier molecular flexibility index (Phi) is 8.55. The van der Waals surface area contributed by atoms with Crippen LogP contribution in [0.25, 0.3) is 5.57 Å². The van der Waals surface area contributed by atoms with Crippen LogP contribution < -0.4 is 4.74 Å². The second-order valence-corrected chi connectivity index (χ2v) is 7.11. The van der Waals surface area contributed by atoms with Crippen molar-refractivity contribution in [2.24, 2.45) is 0 Å². The summed E-state index contributed by atoms with van der Waals surface area (Å²) in [6, 6.07) is 11.4. The van der Waals surface area contributed by atoms with Crippen LogP contribution in [0.3, 0.4) is 0 Å². The topological polar surface area (TPSA) is 69.9 Å². The van der Waals surface area contributed by atoms with E-state index in [4.69, 9.17) is 14.9 Å². The van der Waals surface area contributed by atoms with Gasteiger partial charge in [-0.2, -0.15) is 13.2 Å². The van der Waals surface area contributed by atoms with Crippen molar-refractivity contribution in [2.45, 2.75) is 44.2 Å². The number of allylic oxidation sites excluding steroid dienone is 2. The first kappa shape index (κ1) is 26.3. The van der Waals surface area contributed by atoms with E-state index < -0.39 is 36.2 Å². The highest BCUT2D eigenvalue weighted by Gasteiger charge is 2.48. The standard InChI is InChI=1S/C23H20F6O4/c1-22(32,23(27,28)29)11-3-6-18(19(24)20(25)26)16-4-2-5-17(12-16)33-13-14-7-9-15(10-8-14)21(30)31/h2,4-10,12,19-21,30-32H,13H2,1H3. The Hall–Kier alpha value is -3.00. The summed E-state index contributed by atoms with van der Waals surface area (Å²) in [4.78, 5) is 0. The van der Waals surface area contributed by atoms with Gasteiger partial charge in [0.25, 0.3) is 6.43 Å². The molecule has 2 unspecified atom stereocenters. The van der Waals surface area contributed by atoms with Crippen LogP contribution in [0.15, 0.2) is 54.6 Å². The monoisotopic (exact) mass is 474 g/mol. The number of benzene rings is 2. The molecule has 33 heavy (non-hydrogen) atoms. The van der Waals surface area contributed by atoms with E-state index in [9.17, 15) is 31.4 Å². The number of halogens is 6. The molecule has 0 aliphatic rings. The third-order valence-electron chi connectivity index (χ3n) is 4.46. The van der Waals surface area contributed by atoms with Gasteiger partial charge in [-0.15, -0.1) is 0 Å². The fraction of sp³-hybridized carbons (Fsp3) is 0.304. The third kappa shape index (κ3) is 7.25. The summed E-state index contributed by atoms with van der Waals surface area (Å²) < 4.78 is 83.8. The van der Waals surface area contributed by atoms with Crippen LogP contribution in [-0.4, -0.2) is 39.7 Å². The average molecular weight is 474 g/mol. The molecule has 178 valence electrons. The molecular formula is C23H20F6O4. The van der Waals surface area contributed by atoms with E-state index in [0.717, 1.165) is 0 Å². The van der Waals surface area contributed by atoms with Gasteiger partial charge in [0.05, 0.1) is 0 Å². The average Bonchev–Trinajstić information content (AvgIpc) is 2.74. The van der Waals surface area contributed by atoms with Gasteiger partial charge in [0.1, 0.15) is 12.4 Å². The van der Waals surface area contributed by atoms with E-state index >= 15 is 0 Å². The van der Waals surface area contributed by atoms with Crippen LogP contribution in [0.5, 0.6) is 5.75 Å². The maximum absolute atomic E-state index is 14.2. The molecule has 2 aromatic rings. The molecule has 0 aromatic heterocycles. The van der Waals surface area contributed by atoms with Crippen molar-refractivity contribution < 1.29 is 46.4 Å². The lowest BCUT2D eigenvalue weighted by molar-refractivity contribution is -0.228. The number of ether oxygens (including phenoxy) is 1. The molecule has 0 radical (unpaired) electrons. The molecule has 2 rings (SSSR count). The van der Waals surface area contributed by atoms with E-state index in [0.29, 0.717) is 18.6 Å². The van der Waals surface area contributed by atoms with E-state index in [1.165, 1.54) is 42.3 Å². The first-order valence-electron chi connectivity index (χ1n) is 9.44. The summed E-state index contributed by atoms with van der Waals surface area (Å²) in [6.45, 7) is 0.391. The molecule has 0 aliphatic heterocycles. The number of rotatable bonds is 7. The largest absolute Gasteiger partial charge is 0.489 e. The van der Waals surface area contributed by atoms with Crippen molar-refractivity contribution >= 4 is 5.57 Å². The first-order valence-corrected chi connectivity index (χ1v) is 9.44. The molecule has 10 heteroatoms. The Bertz CT molecular complexity index is 1020. The lowest BCUT2D eigenvalue weighted by Gasteiger charge is -2.19. The van der Waals surface area contributed by atoms with Crippen LogP contribution in [0.2, 0.25) is 0 Å². The molecule has 2 aromatic carbocycles.